The number of piperidine rings is 1. The number of hydrogen-bond donors (Lipinski definition) is 2. The van der Waals surface area contributed by atoms with Crippen molar-refractivity contribution >= 4 is 17.5 Å². The molecule has 6 nitrogen and oxygen atoms in total. The summed E-state index contributed by atoms with van der Waals surface area (Å²) in [5, 5.41) is 13.0. The molecular weight excluding hydrogens is 500 g/mol. The van der Waals surface area contributed by atoms with Gasteiger partial charge in [-0.1, -0.05) is 42.8 Å². The monoisotopic (exact) mass is 542 g/mol. The summed E-state index contributed by atoms with van der Waals surface area (Å²) >= 11 is 6.73. The van der Waals surface area contributed by atoms with E-state index in [0.717, 1.165) is 57.9 Å². The number of ether oxygens (including phenoxy) is 2. The molecule has 0 bridgehead atoms. The highest BCUT2D eigenvalue weighted by Crippen LogP contribution is 2.47. The number of aliphatic hydroxyl groups is 1. The van der Waals surface area contributed by atoms with Crippen molar-refractivity contribution in [1.29, 1.82) is 0 Å². The molecule has 1 aliphatic heterocycles. The average molecular weight is 543 g/mol. The van der Waals surface area contributed by atoms with E-state index in [4.69, 9.17) is 26.8 Å². The van der Waals surface area contributed by atoms with Crippen LogP contribution < -0.4 is 10.5 Å². The molecule has 0 spiro atoms. The van der Waals surface area contributed by atoms with Crippen LogP contribution in [0.2, 0.25) is 5.02 Å². The van der Waals surface area contributed by atoms with E-state index in [1.54, 1.807) is 13.2 Å². The third kappa shape index (κ3) is 6.71. The molecule has 1 aliphatic carbocycles. The van der Waals surface area contributed by atoms with Gasteiger partial charge in [0.25, 0.3) is 0 Å². The van der Waals surface area contributed by atoms with Crippen molar-refractivity contribution in [3.8, 4) is 11.5 Å². The highest BCUT2D eigenvalue weighted by Gasteiger charge is 2.44. The second-order valence-corrected chi connectivity index (χ2v) is 11.4. The van der Waals surface area contributed by atoms with Crippen LogP contribution in [0.25, 0.3) is 0 Å². The molecule has 7 heteroatoms. The zero-order chi connectivity index (χ0) is 27.1. The largest absolute Gasteiger partial charge is 0.455 e. The average Bonchev–Trinajstić information content (AvgIpc) is 3.38. The lowest BCUT2D eigenvalue weighted by atomic mass is 9.73. The predicted molar refractivity (Wildman–Crippen MR) is 152 cm³/mol. The number of nitrogens with zero attached hydrogens (tertiary/aromatic N) is 1. The summed E-state index contributed by atoms with van der Waals surface area (Å²) in [6.45, 7) is 3.98. The molecule has 0 radical (unpaired) electrons. The minimum absolute atomic E-state index is 0.00514. The first-order valence-corrected chi connectivity index (χ1v) is 14.5. The summed E-state index contributed by atoms with van der Waals surface area (Å²) in [5.41, 5.74) is 6.75. The number of carbonyl (C=O) groups is 1. The van der Waals surface area contributed by atoms with Gasteiger partial charge in [-0.25, -0.2) is 0 Å². The molecule has 38 heavy (non-hydrogen) atoms. The molecule has 1 unspecified atom stereocenters. The van der Waals surface area contributed by atoms with Crippen LogP contribution in [-0.2, 0) is 21.6 Å². The first-order chi connectivity index (χ1) is 18.4. The summed E-state index contributed by atoms with van der Waals surface area (Å²) in [5.74, 6) is 1.22. The van der Waals surface area contributed by atoms with Gasteiger partial charge < -0.3 is 25.2 Å². The van der Waals surface area contributed by atoms with Gasteiger partial charge in [-0.15, -0.1) is 0 Å². The van der Waals surface area contributed by atoms with Crippen molar-refractivity contribution in [3.63, 3.8) is 0 Å². The van der Waals surface area contributed by atoms with Crippen LogP contribution in [0.15, 0.2) is 42.5 Å². The van der Waals surface area contributed by atoms with Crippen molar-refractivity contribution in [2.24, 2.45) is 17.6 Å². The number of methoxy groups -OCH3 is 1. The molecule has 2 fully saturated rings. The normalized spacial score (nSPS) is 23.3. The third-order valence-corrected chi connectivity index (χ3v) is 8.64. The Morgan fingerprint density at radius 2 is 2.00 bits per heavy atom. The number of benzene rings is 2. The molecule has 3 N–H and O–H groups in total. The van der Waals surface area contributed by atoms with Crippen LogP contribution in [-0.4, -0.2) is 48.8 Å². The standard InChI is InChI=1S/C31H43ClN2O4/c1-3-22-9-6-11-26(19-22)38-29-27(12-7-13-28(29)32)31(36,16-4-5-18-37-2)24-10-8-17-34(21-24)30(35)23-14-15-25(33)20-23/h6-7,9,11-13,19,23-25,36H,3-5,8,10,14-18,20-21,33H2,1-2H3/t23-,24-,25+,31?/m1/s1. The number of rotatable bonds is 11. The number of halogens is 1. The van der Waals surface area contributed by atoms with Crippen LogP contribution in [0, 0.1) is 11.8 Å². The third-order valence-electron chi connectivity index (χ3n) is 8.35. The molecule has 1 amide bonds. The number of aryl methyl sites for hydroxylation is 1. The number of carbonyl (C=O) groups excluding carboxylic acids is 1. The molecule has 2 aromatic carbocycles. The van der Waals surface area contributed by atoms with E-state index in [-0.39, 0.29) is 23.8 Å². The van der Waals surface area contributed by atoms with Gasteiger partial charge in [0.1, 0.15) is 5.75 Å². The minimum atomic E-state index is -1.21. The second kappa shape index (κ2) is 13.3. The topological polar surface area (TPSA) is 85.0 Å². The number of unbranched alkanes of at least 4 members (excludes halogenated alkanes) is 1. The lowest BCUT2D eigenvalue weighted by Gasteiger charge is -2.44. The first-order valence-electron chi connectivity index (χ1n) is 14.2. The first kappa shape index (κ1) is 28.9. The van der Waals surface area contributed by atoms with Gasteiger partial charge in [-0.3, -0.25) is 4.79 Å². The summed E-state index contributed by atoms with van der Waals surface area (Å²) < 4.78 is 11.7. The van der Waals surface area contributed by atoms with Gasteiger partial charge in [0.05, 0.1) is 10.6 Å². The van der Waals surface area contributed by atoms with Crippen molar-refractivity contribution in [3.05, 3.63) is 58.6 Å². The van der Waals surface area contributed by atoms with Gasteiger partial charge >= 0.3 is 0 Å². The summed E-state index contributed by atoms with van der Waals surface area (Å²) in [6.07, 6.45) is 7.23. The molecule has 1 saturated heterocycles. The zero-order valence-corrected chi connectivity index (χ0v) is 23.6. The molecule has 2 aromatic rings. The highest BCUT2D eigenvalue weighted by atomic mass is 35.5. The fourth-order valence-electron chi connectivity index (χ4n) is 6.17. The van der Waals surface area contributed by atoms with Crippen LogP contribution in [0.4, 0.5) is 0 Å². The van der Waals surface area contributed by atoms with E-state index >= 15 is 0 Å². The Bertz CT molecular complexity index is 1080. The fraction of sp³-hybridized carbons (Fsp3) is 0.581. The van der Waals surface area contributed by atoms with E-state index in [1.165, 1.54) is 5.56 Å². The second-order valence-electron chi connectivity index (χ2n) is 11.0. The summed E-state index contributed by atoms with van der Waals surface area (Å²) in [6, 6.07) is 13.7. The van der Waals surface area contributed by atoms with Gasteiger partial charge in [-0.2, -0.15) is 0 Å². The fourth-order valence-corrected chi connectivity index (χ4v) is 6.38. The lowest BCUT2D eigenvalue weighted by molar-refractivity contribution is -0.141. The number of hydrogen-bond acceptors (Lipinski definition) is 5. The van der Waals surface area contributed by atoms with Gasteiger partial charge in [-0.05, 0) is 81.5 Å². The Balaban J connectivity index is 1.65. The van der Waals surface area contributed by atoms with Crippen molar-refractivity contribution < 1.29 is 19.4 Å². The molecule has 0 aromatic heterocycles. The number of likely N-dealkylation sites (tertiary alicyclic amines) is 1. The van der Waals surface area contributed by atoms with E-state index in [2.05, 4.69) is 13.0 Å². The maximum Gasteiger partial charge on any atom is 0.225 e. The van der Waals surface area contributed by atoms with Crippen LogP contribution in [0.1, 0.15) is 69.4 Å². The Kier molecular flexibility index (Phi) is 10.1. The van der Waals surface area contributed by atoms with Crippen LogP contribution >= 0.6 is 11.6 Å². The Hall–Kier alpha value is -2.12. The Morgan fingerprint density at radius 1 is 1.18 bits per heavy atom. The van der Waals surface area contributed by atoms with Gasteiger partial charge in [0.15, 0.2) is 5.75 Å². The molecule has 4 atom stereocenters. The van der Waals surface area contributed by atoms with Crippen molar-refractivity contribution in [2.75, 3.05) is 26.8 Å². The van der Waals surface area contributed by atoms with Gasteiger partial charge in [0.2, 0.25) is 5.91 Å². The van der Waals surface area contributed by atoms with Crippen molar-refractivity contribution in [1.82, 2.24) is 4.90 Å². The number of nitrogens with two attached hydrogens (primary N) is 1. The highest BCUT2D eigenvalue weighted by molar-refractivity contribution is 6.32. The SMILES string of the molecule is CCc1cccc(Oc2c(Cl)cccc2C(O)(CCCCOC)[C@@H]2CCCN(C(=O)[C@@H]3CC[C@H](N)C3)C2)c1. The minimum Gasteiger partial charge on any atom is -0.455 e. The quantitative estimate of drug-likeness (QED) is 0.337. The number of para-hydroxylation sites is 1. The maximum atomic E-state index is 13.4. The molecule has 2 aliphatic rings. The summed E-state index contributed by atoms with van der Waals surface area (Å²) in [7, 11) is 1.69. The van der Waals surface area contributed by atoms with E-state index in [1.807, 2.05) is 35.2 Å². The van der Waals surface area contributed by atoms with Gasteiger partial charge in [0, 0.05) is 50.2 Å². The van der Waals surface area contributed by atoms with Crippen LogP contribution in [0.5, 0.6) is 11.5 Å². The molecule has 1 saturated carbocycles. The lowest BCUT2D eigenvalue weighted by Crippen LogP contribution is -2.49. The molecule has 1 heterocycles. The van der Waals surface area contributed by atoms with E-state index in [9.17, 15) is 9.90 Å². The molecule has 208 valence electrons. The molecule has 4 rings (SSSR count). The van der Waals surface area contributed by atoms with Crippen molar-refractivity contribution in [2.45, 2.75) is 76.4 Å². The van der Waals surface area contributed by atoms with E-state index in [0.29, 0.717) is 41.7 Å². The number of amides is 1. The molecular formula is C31H43ClN2O4. The zero-order valence-electron chi connectivity index (χ0n) is 22.8. The maximum absolute atomic E-state index is 13.4. The Labute approximate surface area is 232 Å². The smallest absolute Gasteiger partial charge is 0.225 e. The summed E-state index contributed by atoms with van der Waals surface area (Å²) in [4.78, 5) is 15.4. The predicted octanol–water partition coefficient (Wildman–Crippen LogP) is 6.07. The van der Waals surface area contributed by atoms with Crippen LogP contribution in [0.3, 0.4) is 0 Å². The Morgan fingerprint density at radius 3 is 2.74 bits per heavy atom. The van der Waals surface area contributed by atoms with E-state index < -0.39 is 5.60 Å².